The average Bonchev–Trinajstić information content (AvgIpc) is 2.59. The lowest BCUT2D eigenvalue weighted by molar-refractivity contribution is -0.942. The number of aromatic nitrogens is 3. The lowest BCUT2D eigenvalue weighted by atomic mass is 10.2. The van der Waals surface area contributed by atoms with Crippen molar-refractivity contribution in [2.75, 3.05) is 6.54 Å². The quantitative estimate of drug-likeness (QED) is 0.751. The topological polar surface area (TPSA) is 35.1 Å². The van der Waals surface area contributed by atoms with E-state index in [9.17, 15) is 0 Å². The van der Waals surface area contributed by atoms with Crippen LogP contribution in [0.3, 0.4) is 0 Å². The number of nitrogens with zero attached hydrogens (tertiary/aromatic N) is 3. The molecule has 17 heavy (non-hydrogen) atoms. The molecule has 0 aliphatic heterocycles. The first-order valence-electron chi connectivity index (χ1n) is 6.42. The van der Waals surface area contributed by atoms with Crippen LogP contribution in [0.25, 0.3) is 0 Å². The van der Waals surface area contributed by atoms with Gasteiger partial charge in [0.2, 0.25) is 0 Å². The highest BCUT2D eigenvalue weighted by Crippen LogP contribution is 2.01. The van der Waals surface area contributed by atoms with E-state index in [2.05, 4.69) is 49.4 Å². The third-order valence-corrected chi connectivity index (χ3v) is 3.52. The maximum absolute atomic E-state index is 5.20. The van der Waals surface area contributed by atoms with Crippen LogP contribution in [0.1, 0.15) is 40.4 Å². The van der Waals surface area contributed by atoms with Gasteiger partial charge in [0, 0.05) is 11.6 Å². The predicted molar refractivity (Wildman–Crippen MR) is 71.1 cm³/mol. The fourth-order valence-corrected chi connectivity index (χ4v) is 2.53. The van der Waals surface area contributed by atoms with Gasteiger partial charge in [0.25, 0.3) is 0 Å². The summed E-state index contributed by atoms with van der Waals surface area (Å²) in [6.45, 7) is 13.1. The summed E-state index contributed by atoms with van der Waals surface area (Å²) >= 11 is 5.20. The van der Waals surface area contributed by atoms with E-state index in [-0.39, 0.29) is 0 Å². The normalized spacial score (nSPS) is 12.0. The summed E-state index contributed by atoms with van der Waals surface area (Å²) in [6, 6.07) is 1.26. The van der Waals surface area contributed by atoms with Gasteiger partial charge in [0.1, 0.15) is 5.82 Å². The molecule has 0 saturated heterocycles. The second-order valence-electron chi connectivity index (χ2n) is 5.04. The molecule has 5 heteroatoms. The molecule has 0 fully saturated rings. The van der Waals surface area contributed by atoms with E-state index in [0.717, 1.165) is 25.3 Å². The Balaban J connectivity index is 2.68. The van der Waals surface area contributed by atoms with Crippen molar-refractivity contribution in [2.24, 2.45) is 0 Å². The third-order valence-electron chi connectivity index (χ3n) is 3.22. The van der Waals surface area contributed by atoms with Gasteiger partial charge in [-0.05, 0) is 27.7 Å². The van der Waals surface area contributed by atoms with Crippen LogP contribution in [0, 0.1) is 0 Å². The van der Waals surface area contributed by atoms with Gasteiger partial charge in [-0.2, -0.15) is 5.10 Å². The van der Waals surface area contributed by atoms with Crippen LogP contribution in [0.4, 0.5) is 0 Å². The first-order valence-corrected chi connectivity index (χ1v) is 6.82. The number of aryl methyl sites for hydroxylation is 1. The molecule has 1 aromatic heterocycles. The minimum absolute atomic E-state index is 0.619. The second kappa shape index (κ2) is 6.31. The maximum Gasteiger partial charge on any atom is 0.131 e. The summed E-state index contributed by atoms with van der Waals surface area (Å²) in [5.41, 5.74) is 0. The standard InChI is InChI=1S/C12H24N4S/c1-6-11-13-14-12(17)16(11)8-7-15(9(2)3)10(4)5/h9-10H,6-8H2,1-5H3,(H,14,17). The van der Waals surface area contributed by atoms with Crippen molar-refractivity contribution in [1.82, 2.24) is 14.8 Å². The van der Waals surface area contributed by atoms with Crippen LogP contribution in [-0.4, -0.2) is 33.4 Å². The first kappa shape index (κ1) is 14.4. The number of hydrogen-bond acceptors (Lipinski definition) is 3. The number of hydrogen-bond donors (Lipinski definition) is 1. The van der Waals surface area contributed by atoms with Gasteiger partial charge in [-0.3, -0.25) is 0 Å². The maximum atomic E-state index is 5.20. The summed E-state index contributed by atoms with van der Waals surface area (Å²) in [5, 5.41) is 8.69. The summed E-state index contributed by atoms with van der Waals surface area (Å²) in [5.74, 6) is 1.00. The highest BCUT2D eigenvalue weighted by molar-refractivity contribution is 7.58. The van der Waals surface area contributed by atoms with Crippen molar-refractivity contribution in [3.05, 3.63) is 5.82 Å². The van der Waals surface area contributed by atoms with E-state index in [4.69, 9.17) is 12.6 Å². The molecule has 0 aliphatic carbocycles. The fourth-order valence-electron chi connectivity index (χ4n) is 2.29. The summed E-state index contributed by atoms with van der Waals surface area (Å²) < 4.78 is 2.07. The van der Waals surface area contributed by atoms with Gasteiger partial charge >= 0.3 is 0 Å². The van der Waals surface area contributed by atoms with Crippen molar-refractivity contribution in [3.8, 4) is 0 Å². The van der Waals surface area contributed by atoms with Crippen LogP contribution in [0.15, 0.2) is 5.16 Å². The van der Waals surface area contributed by atoms with E-state index < -0.39 is 0 Å². The van der Waals surface area contributed by atoms with E-state index in [1.54, 1.807) is 4.90 Å². The zero-order chi connectivity index (χ0) is 13.0. The Morgan fingerprint density at radius 1 is 1.18 bits per heavy atom. The lowest BCUT2D eigenvalue weighted by Crippen LogP contribution is -3.18. The van der Waals surface area contributed by atoms with Crippen molar-refractivity contribution in [3.63, 3.8) is 0 Å². The zero-order valence-corrected chi connectivity index (χ0v) is 12.3. The number of nitrogens with one attached hydrogen (secondary N) is 1. The smallest absolute Gasteiger partial charge is 0.131 e. The van der Waals surface area contributed by atoms with Crippen LogP contribution < -0.4 is 4.90 Å². The molecule has 0 saturated carbocycles. The van der Waals surface area contributed by atoms with Crippen molar-refractivity contribution in [1.29, 1.82) is 0 Å². The van der Waals surface area contributed by atoms with Gasteiger partial charge in [0.15, 0.2) is 0 Å². The fraction of sp³-hybridized carbons (Fsp3) is 0.833. The highest BCUT2D eigenvalue weighted by Gasteiger charge is 2.17. The Morgan fingerprint density at radius 2 is 1.76 bits per heavy atom. The molecule has 1 aromatic rings. The number of rotatable bonds is 6. The minimum Gasteiger partial charge on any atom is -0.740 e. The zero-order valence-electron chi connectivity index (χ0n) is 11.5. The van der Waals surface area contributed by atoms with Gasteiger partial charge in [-0.1, -0.05) is 6.92 Å². The van der Waals surface area contributed by atoms with Crippen LogP contribution in [-0.2, 0) is 25.6 Å². The summed E-state index contributed by atoms with van der Waals surface area (Å²) in [6.07, 6.45) is 0.891. The molecule has 0 radical (unpaired) electrons. The lowest BCUT2D eigenvalue weighted by Gasteiger charge is -2.28. The van der Waals surface area contributed by atoms with Gasteiger partial charge in [0.05, 0.1) is 25.2 Å². The van der Waals surface area contributed by atoms with Crippen molar-refractivity contribution >= 4 is 12.6 Å². The Morgan fingerprint density at radius 3 is 2.24 bits per heavy atom. The Hall–Kier alpha value is -0.680. The molecule has 0 aliphatic rings. The molecule has 0 unspecified atom stereocenters. The Bertz CT molecular complexity index is 338. The number of quaternary nitrogens is 1. The summed E-state index contributed by atoms with van der Waals surface area (Å²) in [4.78, 5) is 1.59. The Labute approximate surface area is 110 Å². The predicted octanol–water partition coefficient (Wildman–Crippen LogP) is 0.448. The largest absolute Gasteiger partial charge is 0.740 e. The van der Waals surface area contributed by atoms with Gasteiger partial charge in [-0.15, -0.1) is 5.10 Å². The van der Waals surface area contributed by atoms with E-state index in [0.29, 0.717) is 17.2 Å². The van der Waals surface area contributed by atoms with E-state index >= 15 is 0 Å². The molecule has 0 amide bonds. The van der Waals surface area contributed by atoms with E-state index in [1.807, 2.05) is 0 Å². The SMILES string of the molecule is CCc1nnc([S-])n1CC[NH+](C(C)C)C(C)C. The molecule has 0 spiro atoms. The molecule has 98 valence electrons. The molecule has 4 nitrogen and oxygen atoms in total. The summed E-state index contributed by atoms with van der Waals surface area (Å²) in [7, 11) is 0. The average molecular weight is 256 g/mol. The third kappa shape index (κ3) is 3.64. The molecule has 0 aromatic carbocycles. The van der Waals surface area contributed by atoms with Gasteiger partial charge < -0.3 is 22.1 Å². The van der Waals surface area contributed by atoms with Crippen molar-refractivity contribution < 1.29 is 4.90 Å². The van der Waals surface area contributed by atoms with Gasteiger partial charge in [-0.25, -0.2) is 0 Å². The molecule has 1 rings (SSSR count). The second-order valence-corrected chi connectivity index (χ2v) is 5.40. The van der Waals surface area contributed by atoms with Crippen molar-refractivity contribution in [2.45, 2.75) is 64.8 Å². The Kier molecular flexibility index (Phi) is 5.33. The molecule has 1 heterocycles. The monoisotopic (exact) mass is 256 g/mol. The van der Waals surface area contributed by atoms with Crippen LogP contribution >= 0.6 is 0 Å². The first-order chi connectivity index (χ1) is 7.97. The highest BCUT2D eigenvalue weighted by atomic mass is 32.1. The van der Waals surface area contributed by atoms with Crippen LogP contribution in [0.5, 0.6) is 0 Å². The molecule has 1 N–H and O–H groups in total. The molecular weight excluding hydrogens is 232 g/mol. The molecule has 0 atom stereocenters. The molecule has 0 bridgehead atoms. The minimum atomic E-state index is 0.619. The van der Waals surface area contributed by atoms with Crippen LogP contribution in [0.2, 0.25) is 0 Å². The molecular formula is C12H24N4S. The van der Waals surface area contributed by atoms with E-state index in [1.165, 1.54) is 0 Å².